The van der Waals surface area contributed by atoms with Gasteiger partial charge in [0.2, 0.25) is 0 Å². The smallest absolute Gasteiger partial charge is 0.410 e. The summed E-state index contributed by atoms with van der Waals surface area (Å²) >= 11 is 0. The number of hydrogen-bond donors (Lipinski definition) is 2. The quantitative estimate of drug-likeness (QED) is 0.128. The lowest BCUT2D eigenvalue weighted by atomic mass is 9.98. The minimum atomic E-state index is -0.869. The Bertz CT molecular complexity index is 1380. The van der Waals surface area contributed by atoms with Crippen LogP contribution in [0.25, 0.3) is 11.1 Å². The molecule has 1 fully saturated rings. The molecule has 1 saturated heterocycles. The van der Waals surface area contributed by atoms with E-state index in [1.54, 1.807) is 32.9 Å². The van der Waals surface area contributed by atoms with Gasteiger partial charge < -0.3 is 25.4 Å². The second-order valence-electron chi connectivity index (χ2n) is 11.7. The van der Waals surface area contributed by atoms with Gasteiger partial charge in [0.05, 0.1) is 6.04 Å². The predicted octanol–water partition coefficient (Wildman–Crippen LogP) is 5.63. The number of fused-ring (bicyclic) bond motifs is 3. The summed E-state index contributed by atoms with van der Waals surface area (Å²) in [6, 6.07) is 14.5. The molecule has 0 spiro atoms. The molecular formula is C33H40N4O6. The summed E-state index contributed by atoms with van der Waals surface area (Å²) < 4.78 is 11.1. The lowest BCUT2D eigenvalue weighted by Gasteiger charge is -2.24. The molecule has 10 nitrogen and oxygen atoms in total. The van der Waals surface area contributed by atoms with Crippen molar-refractivity contribution in [2.75, 3.05) is 13.2 Å². The number of nitrogens with zero attached hydrogens (tertiary/aromatic N) is 2. The van der Waals surface area contributed by atoms with E-state index in [4.69, 9.17) is 20.0 Å². The first-order chi connectivity index (χ1) is 20.5. The molecular weight excluding hydrogens is 548 g/mol. The Morgan fingerprint density at radius 1 is 1.12 bits per heavy atom. The highest BCUT2D eigenvalue weighted by molar-refractivity contribution is 5.90. The molecule has 228 valence electrons. The number of nitrogens with one attached hydrogen (secondary N) is 1. The van der Waals surface area contributed by atoms with Crippen LogP contribution < -0.4 is 11.1 Å². The van der Waals surface area contributed by atoms with Crippen molar-refractivity contribution in [3.8, 4) is 11.1 Å². The zero-order valence-electron chi connectivity index (χ0n) is 25.2. The number of carbonyl (C=O) groups excluding carboxylic acids is 3. The van der Waals surface area contributed by atoms with Gasteiger partial charge in [-0.3, -0.25) is 4.90 Å². The second kappa shape index (κ2) is 13.6. The van der Waals surface area contributed by atoms with E-state index in [9.17, 15) is 14.4 Å². The number of carbonyl (C=O) groups is 3. The van der Waals surface area contributed by atoms with Crippen molar-refractivity contribution in [1.29, 1.82) is 0 Å². The second-order valence-corrected chi connectivity index (χ2v) is 11.7. The van der Waals surface area contributed by atoms with Crippen LogP contribution in [-0.4, -0.2) is 59.7 Å². The number of hydrogen-bond acceptors (Lipinski definition) is 7. The third-order valence-electron chi connectivity index (χ3n) is 7.31. The highest BCUT2D eigenvalue weighted by Crippen LogP contribution is 2.44. The van der Waals surface area contributed by atoms with Gasteiger partial charge in [0, 0.05) is 12.5 Å². The van der Waals surface area contributed by atoms with Crippen LogP contribution in [0.4, 0.5) is 9.59 Å². The minimum Gasteiger partial charge on any atom is -0.448 e. The first kappa shape index (κ1) is 31.3. The Balaban J connectivity index is 1.39. The van der Waals surface area contributed by atoms with Crippen molar-refractivity contribution >= 4 is 24.0 Å². The zero-order valence-corrected chi connectivity index (χ0v) is 25.2. The summed E-state index contributed by atoms with van der Waals surface area (Å²) in [7, 11) is 0. The van der Waals surface area contributed by atoms with Crippen LogP contribution in [-0.2, 0) is 19.1 Å². The summed E-state index contributed by atoms with van der Waals surface area (Å²) in [5, 5.41) is 6.50. The molecule has 1 heterocycles. The molecule has 2 aromatic carbocycles. The largest absolute Gasteiger partial charge is 0.448 e. The summed E-state index contributed by atoms with van der Waals surface area (Å²) in [6.07, 6.45) is 3.40. The van der Waals surface area contributed by atoms with Crippen molar-refractivity contribution in [3.63, 3.8) is 0 Å². The molecule has 0 radical (unpaired) electrons. The molecule has 10 heteroatoms. The number of benzene rings is 2. The molecule has 0 saturated carbocycles. The van der Waals surface area contributed by atoms with Crippen LogP contribution in [0.1, 0.15) is 64.0 Å². The molecule has 1 aliphatic carbocycles. The van der Waals surface area contributed by atoms with E-state index in [1.165, 1.54) is 4.90 Å². The third-order valence-corrected chi connectivity index (χ3v) is 7.31. The monoisotopic (exact) mass is 588 g/mol. The van der Waals surface area contributed by atoms with E-state index < -0.39 is 35.8 Å². The fraction of sp³-hybridized carbons (Fsp3) is 0.394. The van der Waals surface area contributed by atoms with E-state index in [0.717, 1.165) is 27.8 Å². The van der Waals surface area contributed by atoms with Gasteiger partial charge >= 0.3 is 18.2 Å². The van der Waals surface area contributed by atoms with E-state index in [1.807, 2.05) is 43.3 Å². The van der Waals surface area contributed by atoms with E-state index in [2.05, 4.69) is 29.2 Å². The Hall–Kier alpha value is -4.60. The minimum absolute atomic E-state index is 0.0956. The fourth-order valence-electron chi connectivity index (χ4n) is 5.40. The maximum atomic E-state index is 13.2. The van der Waals surface area contributed by atoms with Gasteiger partial charge in [-0.1, -0.05) is 78.0 Å². The van der Waals surface area contributed by atoms with Crippen LogP contribution in [0.15, 0.2) is 78.0 Å². The predicted molar refractivity (Wildman–Crippen MR) is 164 cm³/mol. The summed E-state index contributed by atoms with van der Waals surface area (Å²) in [5.41, 5.74) is 10.8. The average Bonchev–Trinajstić information content (AvgIpc) is 3.57. The van der Waals surface area contributed by atoms with Crippen molar-refractivity contribution in [1.82, 2.24) is 10.2 Å². The normalized spacial score (nSPS) is 17.5. The van der Waals surface area contributed by atoms with Crippen LogP contribution in [0.5, 0.6) is 0 Å². The number of amidine groups is 1. The van der Waals surface area contributed by atoms with Crippen LogP contribution in [0.2, 0.25) is 0 Å². The summed E-state index contributed by atoms with van der Waals surface area (Å²) in [5.74, 6) is -0.952. The molecule has 2 atom stereocenters. The van der Waals surface area contributed by atoms with Crippen molar-refractivity contribution in [3.05, 3.63) is 84.0 Å². The molecule has 2 aliphatic rings. The number of amides is 2. The molecule has 1 aliphatic heterocycles. The SMILES string of the molecule is C=C/C=C(\C)C[C@H](NC(=O)OC(C)(C)C)/C(N)=N/OC(=O)[C@@H]1CCCN1C(=O)OCC1c2ccccc2-c2ccccc21. The molecule has 0 bridgehead atoms. The number of allylic oxidation sites excluding steroid dienone is 2. The van der Waals surface area contributed by atoms with Crippen LogP contribution in [0.3, 0.4) is 0 Å². The number of rotatable bonds is 9. The zero-order chi connectivity index (χ0) is 31.1. The van der Waals surface area contributed by atoms with E-state index in [-0.39, 0.29) is 24.8 Å². The molecule has 2 amide bonds. The average molecular weight is 589 g/mol. The summed E-state index contributed by atoms with van der Waals surface area (Å²) in [4.78, 5) is 45.2. The van der Waals surface area contributed by atoms with Gasteiger partial charge in [-0.05, 0) is 69.2 Å². The Labute approximate surface area is 252 Å². The molecule has 3 N–H and O–H groups in total. The van der Waals surface area contributed by atoms with E-state index >= 15 is 0 Å². The number of likely N-dealkylation sites (tertiary alicyclic amines) is 1. The van der Waals surface area contributed by atoms with Crippen LogP contribution in [0, 0.1) is 0 Å². The molecule has 43 heavy (non-hydrogen) atoms. The van der Waals surface area contributed by atoms with Gasteiger partial charge in [0.15, 0.2) is 5.84 Å². The first-order valence-corrected chi connectivity index (χ1v) is 14.4. The Kier molecular flexibility index (Phi) is 9.90. The highest BCUT2D eigenvalue weighted by Gasteiger charge is 2.38. The first-order valence-electron chi connectivity index (χ1n) is 14.4. The van der Waals surface area contributed by atoms with Crippen molar-refractivity contribution < 1.29 is 28.7 Å². The number of ether oxygens (including phenoxy) is 2. The highest BCUT2D eigenvalue weighted by atomic mass is 16.7. The molecule has 2 aromatic rings. The standard InChI is InChI=1S/C33H40N4O6/c1-6-12-21(2)19-27(35-31(39)42-33(3,4)5)29(34)36-43-30(38)28-17-11-18-37(28)32(40)41-20-26-24-15-9-7-13-22(24)23-14-8-10-16-25(23)26/h6-10,12-16,26-28H,1,11,17-20H2,2-5H3,(H2,34,36)(H,35,39)/b21-12+/t27-,28-/m0/s1. The topological polar surface area (TPSA) is 133 Å². The maximum absolute atomic E-state index is 13.2. The molecule has 4 rings (SSSR count). The number of alkyl carbamates (subject to hydrolysis) is 1. The molecule has 0 aromatic heterocycles. The fourth-order valence-corrected chi connectivity index (χ4v) is 5.40. The third kappa shape index (κ3) is 7.82. The lowest BCUT2D eigenvalue weighted by Crippen LogP contribution is -2.47. The van der Waals surface area contributed by atoms with Gasteiger partial charge in [-0.15, -0.1) is 0 Å². The Morgan fingerprint density at radius 2 is 1.74 bits per heavy atom. The van der Waals surface area contributed by atoms with E-state index in [0.29, 0.717) is 19.4 Å². The number of oxime groups is 1. The molecule has 0 unspecified atom stereocenters. The van der Waals surface area contributed by atoms with Crippen molar-refractivity contribution in [2.24, 2.45) is 10.9 Å². The lowest BCUT2D eigenvalue weighted by molar-refractivity contribution is -0.148. The van der Waals surface area contributed by atoms with Gasteiger partial charge in [0.1, 0.15) is 18.2 Å². The Morgan fingerprint density at radius 3 is 2.35 bits per heavy atom. The van der Waals surface area contributed by atoms with Gasteiger partial charge in [0.25, 0.3) is 0 Å². The summed E-state index contributed by atoms with van der Waals surface area (Å²) in [6.45, 7) is 11.3. The number of nitrogens with two attached hydrogens (primary N) is 1. The maximum Gasteiger partial charge on any atom is 0.410 e. The van der Waals surface area contributed by atoms with Gasteiger partial charge in [-0.25, -0.2) is 14.4 Å². The van der Waals surface area contributed by atoms with Gasteiger partial charge in [-0.2, -0.15) is 0 Å². The van der Waals surface area contributed by atoms with Crippen LogP contribution >= 0.6 is 0 Å². The van der Waals surface area contributed by atoms with Crippen molar-refractivity contribution in [2.45, 2.75) is 70.6 Å².